The number of fused-ring (bicyclic) bond motifs is 3. The molecular formula is C51H33N3S. The van der Waals surface area contributed by atoms with Gasteiger partial charge < -0.3 is 0 Å². The largest absolute Gasteiger partial charge is 0.208 e. The second-order valence-corrected chi connectivity index (χ2v) is 14.7. The first-order valence-electron chi connectivity index (χ1n) is 18.4. The highest BCUT2D eigenvalue weighted by molar-refractivity contribution is 7.26. The van der Waals surface area contributed by atoms with E-state index >= 15 is 0 Å². The molecule has 0 atom stereocenters. The Morgan fingerprint density at radius 3 is 1.20 bits per heavy atom. The number of nitrogens with zero attached hydrogens (tertiary/aromatic N) is 3. The number of thiophene rings is 1. The average Bonchev–Trinajstić information content (AvgIpc) is 3.65. The standard InChI is InChI=1S/C51H33N3S/c1-6-16-34(17-7-1)39-26-27-47-45(31-39)46-33-41(36-20-10-3-11-21-36)32-44(48(46)55-47)42-28-40(35-18-8-2-9-19-35)29-43(30-42)51-53-49(37-22-12-4-13-23-37)52-50(54-51)38-24-14-5-15-25-38/h1-33H. The molecule has 2 heterocycles. The van der Waals surface area contributed by atoms with Crippen LogP contribution < -0.4 is 0 Å². The lowest BCUT2D eigenvalue weighted by atomic mass is 9.92. The molecule has 258 valence electrons. The highest BCUT2D eigenvalue weighted by atomic mass is 32.1. The summed E-state index contributed by atoms with van der Waals surface area (Å²) >= 11 is 1.85. The maximum atomic E-state index is 5.15. The van der Waals surface area contributed by atoms with E-state index in [9.17, 15) is 0 Å². The van der Waals surface area contributed by atoms with Crippen LogP contribution in [0, 0.1) is 0 Å². The summed E-state index contributed by atoms with van der Waals surface area (Å²) in [6.07, 6.45) is 0. The Balaban J connectivity index is 1.24. The van der Waals surface area contributed by atoms with Crippen LogP contribution in [0.3, 0.4) is 0 Å². The quantitative estimate of drug-likeness (QED) is 0.165. The number of hydrogen-bond acceptors (Lipinski definition) is 4. The molecule has 0 bridgehead atoms. The van der Waals surface area contributed by atoms with E-state index in [0.717, 1.165) is 33.4 Å². The van der Waals surface area contributed by atoms with Gasteiger partial charge in [-0.1, -0.05) is 158 Å². The van der Waals surface area contributed by atoms with Crippen molar-refractivity contribution < 1.29 is 0 Å². The van der Waals surface area contributed by atoms with E-state index in [4.69, 9.17) is 15.0 Å². The molecule has 0 unspecified atom stereocenters. The molecule has 0 N–H and O–H groups in total. The number of aromatic nitrogens is 3. The lowest BCUT2D eigenvalue weighted by molar-refractivity contribution is 1.07. The zero-order valence-corrected chi connectivity index (χ0v) is 30.6. The Morgan fingerprint density at radius 1 is 0.273 bits per heavy atom. The molecule has 0 aliphatic rings. The van der Waals surface area contributed by atoms with Crippen LogP contribution in [0.15, 0.2) is 200 Å². The van der Waals surface area contributed by atoms with Crippen LogP contribution in [-0.4, -0.2) is 15.0 Å². The molecule has 0 aliphatic carbocycles. The van der Waals surface area contributed by atoms with Crippen LogP contribution in [-0.2, 0) is 0 Å². The van der Waals surface area contributed by atoms with Crippen LogP contribution >= 0.6 is 11.3 Å². The van der Waals surface area contributed by atoms with Crippen LogP contribution in [0.4, 0.5) is 0 Å². The van der Waals surface area contributed by atoms with Gasteiger partial charge in [0.15, 0.2) is 17.5 Å². The van der Waals surface area contributed by atoms with Crippen LogP contribution in [0.1, 0.15) is 0 Å². The SMILES string of the molecule is c1ccc(-c2cc(-c3nc(-c4ccccc4)nc(-c4ccccc4)n3)cc(-c3cc(-c4ccccc4)cc4c3sc3ccc(-c5ccccc5)cc34)c2)cc1. The first-order chi connectivity index (χ1) is 27.2. The summed E-state index contributed by atoms with van der Waals surface area (Å²) in [5.41, 5.74) is 12.1. The first-order valence-corrected chi connectivity index (χ1v) is 19.2. The van der Waals surface area contributed by atoms with E-state index in [2.05, 4.69) is 164 Å². The Labute approximate surface area is 323 Å². The molecule has 8 aromatic carbocycles. The molecule has 0 radical (unpaired) electrons. The summed E-state index contributed by atoms with van der Waals surface area (Å²) < 4.78 is 2.51. The van der Waals surface area contributed by atoms with Crippen molar-refractivity contribution in [1.82, 2.24) is 15.0 Å². The molecule has 0 amide bonds. The zero-order valence-electron chi connectivity index (χ0n) is 29.8. The maximum absolute atomic E-state index is 5.15. The second-order valence-electron chi connectivity index (χ2n) is 13.6. The van der Waals surface area contributed by atoms with Crippen molar-refractivity contribution in [2.24, 2.45) is 0 Å². The average molecular weight is 720 g/mol. The first kappa shape index (κ1) is 32.6. The minimum absolute atomic E-state index is 0.631. The van der Waals surface area contributed by atoms with E-state index in [0.29, 0.717) is 17.5 Å². The lowest BCUT2D eigenvalue weighted by Crippen LogP contribution is -2.00. The Kier molecular flexibility index (Phi) is 8.36. The third-order valence-corrected chi connectivity index (χ3v) is 11.3. The van der Waals surface area contributed by atoms with E-state index in [-0.39, 0.29) is 0 Å². The minimum atomic E-state index is 0.631. The number of benzene rings is 8. The third kappa shape index (κ3) is 6.39. The Hall–Kier alpha value is -7.01. The molecule has 3 nitrogen and oxygen atoms in total. The monoisotopic (exact) mass is 719 g/mol. The Morgan fingerprint density at radius 2 is 0.673 bits per heavy atom. The zero-order chi connectivity index (χ0) is 36.6. The van der Waals surface area contributed by atoms with Gasteiger partial charge in [-0.2, -0.15) is 0 Å². The predicted octanol–water partition coefficient (Wildman–Crippen LogP) is 13.9. The van der Waals surface area contributed by atoms with Crippen molar-refractivity contribution in [2.45, 2.75) is 0 Å². The van der Waals surface area contributed by atoms with Crippen LogP contribution in [0.25, 0.3) is 98.8 Å². The van der Waals surface area contributed by atoms with Crippen molar-refractivity contribution in [1.29, 1.82) is 0 Å². The fraction of sp³-hybridized carbons (Fsp3) is 0. The van der Waals surface area contributed by atoms with Gasteiger partial charge in [0, 0.05) is 42.4 Å². The van der Waals surface area contributed by atoms with Crippen molar-refractivity contribution in [3.05, 3.63) is 200 Å². The van der Waals surface area contributed by atoms with Gasteiger partial charge in [-0.15, -0.1) is 11.3 Å². The van der Waals surface area contributed by atoms with E-state index in [1.165, 1.54) is 48.0 Å². The second kappa shape index (κ2) is 14.1. The minimum Gasteiger partial charge on any atom is -0.208 e. The van der Waals surface area contributed by atoms with Crippen LogP contribution in [0.2, 0.25) is 0 Å². The summed E-state index contributed by atoms with van der Waals surface area (Å²) in [7, 11) is 0. The maximum Gasteiger partial charge on any atom is 0.164 e. The molecule has 0 fully saturated rings. The number of rotatable bonds is 7. The molecule has 0 saturated heterocycles. The van der Waals surface area contributed by atoms with Gasteiger partial charge in [-0.05, 0) is 81.4 Å². The smallest absolute Gasteiger partial charge is 0.164 e. The summed E-state index contributed by atoms with van der Waals surface area (Å²) in [5.74, 6) is 1.91. The molecule has 10 aromatic rings. The van der Waals surface area contributed by atoms with Gasteiger partial charge in [0.1, 0.15) is 0 Å². The van der Waals surface area contributed by atoms with Gasteiger partial charge in [-0.25, -0.2) is 15.0 Å². The molecule has 55 heavy (non-hydrogen) atoms. The Bertz CT molecular complexity index is 2890. The predicted molar refractivity (Wildman–Crippen MR) is 231 cm³/mol. The third-order valence-electron chi connectivity index (χ3n) is 10.1. The van der Waals surface area contributed by atoms with Gasteiger partial charge in [0.05, 0.1) is 0 Å². The van der Waals surface area contributed by atoms with E-state index in [1.54, 1.807) is 0 Å². The van der Waals surface area contributed by atoms with Crippen molar-refractivity contribution in [3.8, 4) is 78.7 Å². The fourth-order valence-electron chi connectivity index (χ4n) is 7.35. The summed E-state index contributed by atoms with van der Waals surface area (Å²) in [5, 5.41) is 2.51. The van der Waals surface area contributed by atoms with Crippen LogP contribution in [0.5, 0.6) is 0 Å². The highest BCUT2D eigenvalue weighted by Crippen LogP contribution is 2.45. The van der Waals surface area contributed by atoms with Gasteiger partial charge in [0.2, 0.25) is 0 Å². The summed E-state index contributed by atoms with van der Waals surface area (Å²) in [6.45, 7) is 0. The molecule has 0 aliphatic heterocycles. The van der Waals surface area contributed by atoms with Crippen molar-refractivity contribution in [3.63, 3.8) is 0 Å². The van der Waals surface area contributed by atoms with Gasteiger partial charge in [0.25, 0.3) is 0 Å². The topological polar surface area (TPSA) is 38.7 Å². The lowest BCUT2D eigenvalue weighted by Gasteiger charge is -2.14. The van der Waals surface area contributed by atoms with E-state index < -0.39 is 0 Å². The van der Waals surface area contributed by atoms with Gasteiger partial charge in [-0.3, -0.25) is 0 Å². The van der Waals surface area contributed by atoms with Crippen molar-refractivity contribution in [2.75, 3.05) is 0 Å². The van der Waals surface area contributed by atoms with E-state index in [1.807, 2.05) is 47.7 Å². The molecule has 0 saturated carbocycles. The van der Waals surface area contributed by atoms with Crippen molar-refractivity contribution >= 4 is 31.5 Å². The number of hydrogen-bond donors (Lipinski definition) is 0. The molecule has 4 heteroatoms. The summed E-state index contributed by atoms with van der Waals surface area (Å²) in [4.78, 5) is 15.3. The molecule has 2 aromatic heterocycles. The molecule has 10 rings (SSSR count). The van der Waals surface area contributed by atoms with Gasteiger partial charge >= 0.3 is 0 Å². The normalized spacial score (nSPS) is 11.3. The molecular weight excluding hydrogens is 687 g/mol. The fourth-order valence-corrected chi connectivity index (χ4v) is 8.55. The highest BCUT2D eigenvalue weighted by Gasteiger charge is 2.18. The molecule has 0 spiro atoms. The summed E-state index contributed by atoms with van der Waals surface area (Å²) in [6, 6.07) is 70.6.